The minimum Gasteiger partial charge on any atom is -0.336 e. The minimum atomic E-state index is -0.312. The lowest BCUT2D eigenvalue weighted by molar-refractivity contribution is -0.138. The fraction of sp³-hybridized carbons (Fsp3) is 0.571. The first-order valence-corrected chi connectivity index (χ1v) is 6.37. The van der Waals surface area contributed by atoms with Crippen molar-refractivity contribution < 1.29 is 4.79 Å². The van der Waals surface area contributed by atoms with E-state index in [2.05, 4.69) is 23.7 Å². The van der Waals surface area contributed by atoms with Crippen LogP contribution in [0.2, 0.25) is 0 Å². The van der Waals surface area contributed by atoms with Gasteiger partial charge in [-0.15, -0.1) is 0 Å². The number of carbonyl (C=O) groups is 1. The van der Waals surface area contributed by atoms with Gasteiger partial charge >= 0.3 is 0 Å². The molecule has 0 aromatic carbocycles. The molecule has 1 fully saturated rings. The number of hydrogen-bond acceptors (Lipinski definition) is 2. The highest BCUT2D eigenvalue weighted by Crippen LogP contribution is 2.32. The van der Waals surface area contributed by atoms with Gasteiger partial charge in [-0.3, -0.25) is 9.69 Å². The Morgan fingerprint density at radius 1 is 1.39 bits per heavy atom. The zero-order valence-corrected chi connectivity index (χ0v) is 11.6. The van der Waals surface area contributed by atoms with Crippen LogP contribution in [0, 0.1) is 5.41 Å². The van der Waals surface area contributed by atoms with Crippen LogP contribution in [0.25, 0.3) is 0 Å². The Morgan fingerprint density at radius 3 is 2.61 bits per heavy atom. The number of nitrogens with zero attached hydrogens (tertiary/aromatic N) is 3. The fourth-order valence-electron chi connectivity index (χ4n) is 2.22. The van der Waals surface area contributed by atoms with E-state index in [9.17, 15) is 4.79 Å². The molecule has 0 aliphatic carbocycles. The van der Waals surface area contributed by atoms with Crippen molar-refractivity contribution >= 4 is 5.91 Å². The van der Waals surface area contributed by atoms with E-state index in [1.54, 1.807) is 0 Å². The molecule has 4 heteroatoms. The van der Waals surface area contributed by atoms with Gasteiger partial charge in [0.2, 0.25) is 0 Å². The molecule has 0 saturated carbocycles. The van der Waals surface area contributed by atoms with E-state index in [1.165, 1.54) is 0 Å². The van der Waals surface area contributed by atoms with Crippen molar-refractivity contribution in [1.82, 2.24) is 9.47 Å². The number of hydrogen-bond donors (Lipinski definition) is 0. The van der Waals surface area contributed by atoms with Gasteiger partial charge in [-0.05, 0) is 32.9 Å². The Labute approximate surface area is 108 Å². The van der Waals surface area contributed by atoms with E-state index in [0.29, 0.717) is 11.5 Å². The van der Waals surface area contributed by atoms with E-state index in [-0.39, 0.29) is 11.3 Å². The van der Waals surface area contributed by atoms with Crippen molar-refractivity contribution in [1.29, 1.82) is 0 Å². The van der Waals surface area contributed by atoms with Crippen LogP contribution >= 0.6 is 0 Å². The molecule has 0 spiro atoms. The number of pyridine rings is 1. The smallest absolute Gasteiger partial charge is 0.256 e. The molecule has 1 saturated heterocycles. The first-order valence-electron chi connectivity index (χ1n) is 6.37. The molecule has 0 bridgehead atoms. The lowest BCUT2D eigenvalue weighted by Gasteiger charge is -2.47. The third-order valence-electron chi connectivity index (χ3n) is 3.59. The summed E-state index contributed by atoms with van der Waals surface area (Å²) >= 11 is 0. The summed E-state index contributed by atoms with van der Waals surface area (Å²) in [6, 6.07) is 6.18. The van der Waals surface area contributed by atoms with Crippen molar-refractivity contribution in [3.8, 4) is 0 Å². The summed E-state index contributed by atoms with van der Waals surface area (Å²) in [5.74, 6) is -0.0128. The summed E-state index contributed by atoms with van der Waals surface area (Å²) in [6.07, 6.45) is 1.90. The molecule has 1 amide bonds. The number of amides is 1. The first kappa shape index (κ1) is 13.0. The number of rotatable bonds is 2. The monoisotopic (exact) mass is 247 g/mol. The maximum absolute atomic E-state index is 12.2. The van der Waals surface area contributed by atoms with Crippen molar-refractivity contribution in [3.63, 3.8) is 0 Å². The largest absolute Gasteiger partial charge is 0.336 e. The average Bonchev–Trinajstić information content (AvgIpc) is 2.27. The lowest BCUT2D eigenvalue weighted by atomic mass is 9.80. The van der Waals surface area contributed by atoms with Gasteiger partial charge in [0.05, 0.1) is 5.41 Å². The Bertz CT molecular complexity index is 510. The van der Waals surface area contributed by atoms with Crippen LogP contribution < -0.4 is 5.49 Å². The molecule has 0 N–H and O–H groups in total. The molecular formula is C14H21N3O. The van der Waals surface area contributed by atoms with Crippen molar-refractivity contribution in [2.24, 2.45) is 17.5 Å². The molecule has 2 heterocycles. The van der Waals surface area contributed by atoms with E-state index in [0.717, 1.165) is 13.1 Å². The molecule has 0 atom stereocenters. The number of carbonyl (C=O) groups excluding carboxylic acids is 1. The van der Waals surface area contributed by atoms with Crippen LogP contribution in [0.15, 0.2) is 29.4 Å². The van der Waals surface area contributed by atoms with Gasteiger partial charge in [0, 0.05) is 32.4 Å². The van der Waals surface area contributed by atoms with Crippen LogP contribution in [0.4, 0.5) is 0 Å². The second-order valence-corrected chi connectivity index (χ2v) is 5.65. The zero-order chi connectivity index (χ0) is 13.3. The highest BCUT2D eigenvalue weighted by atomic mass is 16.1. The first-order chi connectivity index (χ1) is 8.42. The Morgan fingerprint density at radius 2 is 2.06 bits per heavy atom. The number of aryl methyl sites for hydroxylation is 1. The van der Waals surface area contributed by atoms with E-state index in [1.807, 2.05) is 42.9 Å². The molecule has 1 aliphatic heterocycles. The van der Waals surface area contributed by atoms with Crippen LogP contribution in [0.3, 0.4) is 0 Å². The normalized spacial score (nSPS) is 19.9. The van der Waals surface area contributed by atoms with Crippen LogP contribution in [0.5, 0.6) is 0 Å². The minimum absolute atomic E-state index is 0.0128. The second-order valence-electron chi connectivity index (χ2n) is 5.65. The highest BCUT2D eigenvalue weighted by Gasteiger charge is 2.45. The summed E-state index contributed by atoms with van der Waals surface area (Å²) in [5.41, 5.74) is 0.402. The van der Waals surface area contributed by atoms with Gasteiger partial charge < -0.3 is 4.57 Å². The second kappa shape index (κ2) is 4.69. The highest BCUT2D eigenvalue weighted by molar-refractivity contribution is 5.84. The molecule has 98 valence electrons. The van der Waals surface area contributed by atoms with E-state index >= 15 is 0 Å². The van der Waals surface area contributed by atoms with Gasteiger partial charge in [0.25, 0.3) is 5.91 Å². The summed E-state index contributed by atoms with van der Waals surface area (Å²) in [5, 5.41) is 0. The van der Waals surface area contributed by atoms with Gasteiger partial charge in [-0.25, -0.2) is 0 Å². The predicted octanol–water partition coefficient (Wildman–Crippen LogP) is 1.18. The van der Waals surface area contributed by atoms with Crippen molar-refractivity contribution in [2.45, 2.75) is 26.8 Å². The van der Waals surface area contributed by atoms with E-state index < -0.39 is 0 Å². The Kier molecular flexibility index (Phi) is 3.39. The fourth-order valence-corrected chi connectivity index (χ4v) is 2.22. The summed E-state index contributed by atoms with van der Waals surface area (Å²) in [6.45, 7) is 7.92. The Hall–Kier alpha value is -1.42. The summed E-state index contributed by atoms with van der Waals surface area (Å²) in [7, 11) is 1.90. The summed E-state index contributed by atoms with van der Waals surface area (Å²) in [4.78, 5) is 18.8. The van der Waals surface area contributed by atoms with Crippen molar-refractivity contribution in [2.75, 3.05) is 13.1 Å². The molecular weight excluding hydrogens is 226 g/mol. The topological polar surface area (TPSA) is 37.6 Å². The third kappa shape index (κ3) is 2.38. The maximum Gasteiger partial charge on any atom is 0.256 e. The van der Waals surface area contributed by atoms with Gasteiger partial charge in [0.15, 0.2) is 0 Å². The van der Waals surface area contributed by atoms with Crippen LogP contribution in [-0.2, 0) is 11.8 Å². The molecule has 4 nitrogen and oxygen atoms in total. The molecule has 2 rings (SSSR count). The SMILES string of the molecule is CC(C)N1CC(C)(C(=O)/N=c2\ccccn2C)C1. The van der Waals surface area contributed by atoms with Crippen molar-refractivity contribution in [3.05, 3.63) is 29.9 Å². The van der Waals surface area contributed by atoms with Crippen LogP contribution in [-0.4, -0.2) is 34.5 Å². The van der Waals surface area contributed by atoms with Gasteiger partial charge in [-0.2, -0.15) is 4.99 Å². The van der Waals surface area contributed by atoms with Gasteiger partial charge in [0.1, 0.15) is 5.49 Å². The Balaban J connectivity index is 2.15. The quantitative estimate of drug-likeness (QED) is 0.787. The predicted molar refractivity (Wildman–Crippen MR) is 70.8 cm³/mol. The molecule has 1 aromatic rings. The van der Waals surface area contributed by atoms with Gasteiger partial charge in [-0.1, -0.05) is 6.07 Å². The summed E-state index contributed by atoms with van der Waals surface area (Å²) < 4.78 is 1.86. The average molecular weight is 247 g/mol. The standard InChI is InChI=1S/C14H21N3O/c1-11(2)17-9-14(3,10-17)13(18)15-12-7-5-6-8-16(12)4/h5-8,11H,9-10H2,1-4H3/b15-12+. The maximum atomic E-state index is 12.2. The number of aromatic nitrogens is 1. The lowest BCUT2D eigenvalue weighted by Crippen LogP contribution is -2.60. The molecule has 1 aromatic heterocycles. The molecule has 0 unspecified atom stereocenters. The zero-order valence-electron chi connectivity index (χ0n) is 11.6. The number of likely N-dealkylation sites (tertiary alicyclic amines) is 1. The van der Waals surface area contributed by atoms with Crippen LogP contribution in [0.1, 0.15) is 20.8 Å². The van der Waals surface area contributed by atoms with E-state index in [4.69, 9.17) is 0 Å². The molecule has 1 aliphatic rings. The molecule has 0 radical (unpaired) electrons. The third-order valence-corrected chi connectivity index (χ3v) is 3.59. The molecule has 18 heavy (non-hydrogen) atoms.